The minimum atomic E-state index is -9.15. The SMILES string of the molecule is FOC(F)(F)C(F)(F)OC12C(F)(F)C3(F)C(F)(F)C(F)(C1(F)F)C(F)(F)C(OC(F)(F)C(F)(F)OF)(C3(F)F)C2(F)F. The molecule has 0 N–H and O–H groups in total. The van der Waals surface area contributed by atoms with Crippen LogP contribution in [0.4, 0.5) is 106 Å². The van der Waals surface area contributed by atoms with Crippen LogP contribution >= 0.6 is 0 Å². The van der Waals surface area contributed by atoms with Crippen molar-refractivity contribution in [3.8, 4) is 0 Å². The van der Waals surface area contributed by atoms with Crippen molar-refractivity contribution in [3.63, 3.8) is 0 Å². The summed E-state index contributed by atoms with van der Waals surface area (Å²) in [5, 5.41) is 0. The topological polar surface area (TPSA) is 36.9 Å². The molecular weight excluding hydrogens is 688 g/mol. The van der Waals surface area contributed by atoms with Crippen LogP contribution in [0.15, 0.2) is 0 Å². The van der Waals surface area contributed by atoms with E-state index in [1.807, 2.05) is 0 Å². The van der Waals surface area contributed by atoms with E-state index in [0.717, 1.165) is 9.88 Å². The first-order chi connectivity index (χ1) is 18.0. The largest absolute Gasteiger partial charge is 0.478 e. The van der Waals surface area contributed by atoms with Crippen LogP contribution in [0.25, 0.3) is 0 Å². The van der Waals surface area contributed by atoms with E-state index >= 15 is 17.6 Å². The first kappa shape index (κ1) is 34.6. The van der Waals surface area contributed by atoms with Crippen LogP contribution in [-0.4, -0.2) is 82.5 Å². The Bertz CT molecular complexity index is 1030. The molecule has 0 aromatic rings. The zero-order valence-electron chi connectivity index (χ0n) is 17.7. The molecule has 4 nitrogen and oxygen atoms in total. The Morgan fingerprint density at radius 3 is 0.714 bits per heavy atom. The van der Waals surface area contributed by atoms with E-state index in [-0.39, 0.29) is 0 Å². The minimum Gasteiger partial charge on any atom is -0.287 e. The second-order valence-corrected chi connectivity index (χ2v) is 8.55. The lowest BCUT2D eigenvalue weighted by molar-refractivity contribution is -0.662. The van der Waals surface area contributed by atoms with Crippen molar-refractivity contribution in [1.82, 2.24) is 0 Å². The zero-order chi connectivity index (χ0) is 33.8. The molecule has 0 aromatic heterocycles. The number of ether oxygens (including phenoxy) is 2. The summed E-state index contributed by atoms with van der Waals surface area (Å²) >= 11 is 0. The van der Waals surface area contributed by atoms with Crippen molar-refractivity contribution < 1.29 is 125 Å². The Hall–Kier alpha value is -1.84. The third-order valence-electron chi connectivity index (χ3n) is 6.68. The Balaban J connectivity index is 2.73. The standard InChI is InChI=1S/C14F24O4/c15-1-5(17,18)2(16)8(23,24)3(6(1,19)20,39-11(29,30)13(33,34)41-37)10(27,28)4(7(1,21)22,9(2,25)26)40-12(31,32)14(35,36)42-38. The average molecular weight is 688 g/mol. The summed E-state index contributed by atoms with van der Waals surface area (Å²) in [6, 6.07) is 0. The molecule has 0 amide bonds. The van der Waals surface area contributed by atoms with Crippen molar-refractivity contribution in [2.24, 2.45) is 0 Å². The van der Waals surface area contributed by atoms with Crippen molar-refractivity contribution in [1.29, 1.82) is 0 Å². The highest BCUT2D eigenvalue weighted by Gasteiger charge is 3.24. The van der Waals surface area contributed by atoms with Crippen LogP contribution in [0.2, 0.25) is 0 Å². The van der Waals surface area contributed by atoms with Gasteiger partial charge in [-0.25, -0.2) is 8.78 Å². The smallest absolute Gasteiger partial charge is 0.287 e. The first-order valence-electron chi connectivity index (χ1n) is 9.19. The number of rotatable bonds is 8. The number of alkyl halides is 22. The summed E-state index contributed by atoms with van der Waals surface area (Å²) in [5.41, 5.74) is -35.5. The maximum atomic E-state index is 15.3. The molecule has 0 spiro atoms. The van der Waals surface area contributed by atoms with Crippen LogP contribution in [0.3, 0.4) is 0 Å². The van der Waals surface area contributed by atoms with Gasteiger partial charge in [-0.15, -0.1) is 9.88 Å². The highest BCUT2D eigenvalue weighted by molar-refractivity contribution is 5.54. The van der Waals surface area contributed by atoms with E-state index in [9.17, 15) is 88.1 Å². The fourth-order valence-electron chi connectivity index (χ4n) is 4.80. The molecule has 0 aliphatic heterocycles. The van der Waals surface area contributed by atoms with Gasteiger partial charge in [-0.05, 0) is 9.05 Å². The molecule has 0 aromatic carbocycles. The summed E-state index contributed by atoms with van der Waals surface area (Å²) < 4.78 is 342. The minimum absolute atomic E-state index is 0.975. The van der Waals surface area contributed by atoms with Crippen LogP contribution in [0.5, 0.6) is 0 Å². The molecule has 0 unspecified atom stereocenters. The Morgan fingerprint density at radius 2 is 0.524 bits per heavy atom. The molecule has 28 heteroatoms. The van der Waals surface area contributed by atoms with Gasteiger partial charge in [-0.2, -0.15) is 87.8 Å². The summed E-state index contributed by atoms with van der Waals surface area (Å²) in [4.78, 5) is 1.95. The predicted molar refractivity (Wildman–Crippen MR) is 69.2 cm³/mol. The monoisotopic (exact) mass is 688 g/mol. The van der Waals surface area contributed by atoms with Crippen molar-refractivity contribution in [2.45, 2.75) is 82.5 Å². The number of hydrogen-bond donors (Lipinski definition) is 0. The third-order valence-corrected chi connectivity index (χ3v) is 6.68. The Kier molecular flexibility index (Phi) is 6.34. The van der Waals surface area contributed by atoms with Gasteiger partial charge in [0.15, 0.2) is 0 Å². The van der Waals surface area contributed by atoms with Gasteiger partial charge in [-0.3, -0.25) is 9.47 Å². The molecule has 4 aliphatic rings. The van der Waals surface area contributed by atoms with Gasteiger partial charge in [0.2, 0.25) is 0 Å². The second-order valence-electron chi connectivity index (χ2n) is 8.55. The molecule has 42 heavy (non-hydrogen) atoms. The van der Waals surface area contributed by atoms with Crippen LogP contribution in [0, 0.1) is 0 Å². The molecule has 0 heterocycles. The first-order valence-corrected chi connectivity index (χ1v) is 9.19. The van der Waals surface area contributed by atoms with E-state index < -0.39 is 82.5 Å². The predicted octanol–water partition coefficient (Wildman–Crippen LogP) is 6.94. The van der Waals surface area contributed by atoms with Crippen LogP contribution < -0.4 is 0 Å². The molecular formula is C14F24O4. The van der Waals surface area contributed by atoms with Crippen LogP contribution in [0.1, 0.15) is 0 Å². The van der Waals surface area contributed by atoms with Gasteiger partial charge >= 0.3 is 71.3 Å². The zero-order valence-corrected chi connectivity index (χ0v) is 17.7. The summed E-state index contributed by atoms with van der Waals surface area (Å²) in [6.07, 6.45) is -31.7. The summed E-state index contributed by atoms with van der Waals surface area (Å²) in [7, 11) is 0. The second kappa shape index (κ2) is 7.68. The summed E-state index contributed by atoms with van der Waals surface area (Å²) in [5.74, 6) is -53.7. The fraction of sp³-hybridized carbons (Fsp3) is 1.00. The third kappa shape index (κ3) is 2.61. The van der Waals surface area contributed by atoms with Gasteiger partial charge in [-0.1, -0.05) is 0 Å². The maximum absolute atomic E-state index is 15.3. The Labute approximate surface area is 209 Å². The van der Waals surface area contributed by atoms with E-state index in [1.165, 1.54) is 9.47 Å². The van der Waals surface area contributed by atoms with Gasteiger partial charge < -0.3 is 0 Å². The maximum Gasteiger partial charge on any atom is 0.478 e. The van der Waals surface area contributed by atoms with E-state index in [2.05, 4.69) is 0 Å². The molecule has 0 saturated heterocycles. The molecule has 4 rings (SSSR count). The van der Waals surface area contributed by atoms with Crippen molar-refractivity contribution >= 4 is 0 Å². The van der Waals surface area contributed by atoms with Crippen molar-refractivity contribution in [3.05, 3.63) is 0 Å². The number of halogens is 24. The van der Waals surface area contributed by atoms with Crippen molar-refractivity contribution in [2.75, 3.05) is 0 Å². The lowest BCUT2D eigenvalue weighted by atomic mass is 9.39. The van der Waals surface area contributed by atoms with E-state index in [1.54, 1.807) is 0 Å². The Morgan fingerprint density at radius 1 is 0.310 bits per heavy atom. The number of hydrogen-bond acceptors (Lipinski definition) is 4. The van der Waals surface area contributed by atoms with Crippen LogP contribution in [-0.2, 0) is 19.4 Å². The lowest BCUT2D eigenvalue weighted by Gasteiger charge is -2.76. The molecule has 4 aliphatic carbocycles. The highest BCUT2D eigenvalue weighted by Crippen LogP contribution is 2.89. The molecule has 4 fully saturated rings. The van der Waals surface area contributed by atoms with Gasteiger partial charge in [0, 0.05) is 0 Å². The van der Waals surface area contributed by atoms with E-state index in [4.69, 9.17) is 0 Å². The molecule has 248 valence electrons. The normalized spacial score (nSPS) is 39.4. The molecule has 4 saturated carbocycles. The van der Waals surface area contributed by atoms with Gasteiger partial charge in [0.05, 0.1) is 0 Å². The van der Waals surface area contributed by atoms with Gasteiger partial charge in [0.1, 0.15) is 0 Å². The quantitative estimate of drug-likeness (QED) is 0.259. The molecule has 0 radical (unpaired) electrons. The highest BCUT2D eigenvalue weighted by atomic mass is 19.4. The molecule has 4 bridgehead atoms. The average Bonchev–Trinajstić information content (AvgIpc) is 2.80. The molecule has 0 atom stereocenters. The van der Waals surface area contributed by atoms with E-state index in [0.29, 0.717) is 0 Å². The lowest BCUT2D eigenvalue weighted by Crippen LogP contribution is -3.11. The fourth-order valence-corrected chi connectivity index (χ4v) is 4.80. The summed E-state index contributed by atoms with van der Waals surface area (Å²) in [6.45, 7) is 0. The van der Waals surface area contributed by atoms with Gasteiger partial charge in [0.25, 0.3) is 11.2 Å².